The molecule has 2 rings (SSSR count). The molecule has 1 fully saturated rings. The van der Waals surface area contributed by atoms with Crippen LogP contribution in [0.3, 0.4) is 0 Å². The summed E-state index contributed by atoms with van der Waals surface area (Å²) in [5, 5.41) is 7.95. The van der Waals surface area contributed by atoms with Crippen LogP contribution in [0.5, 0.6) is 0 Å². The molecule has 1 aromatic rings. The number of nitrogens with one attached hydrogen (secondary N) is 1. The molecule has 3 N–H and O–H groups in total. The molecule has 0 spiro atoms. The Morgan fingerprint density at radius 1 is 1.56 bits per heavy atom. The van der Waals surface area contributed by atoms with Crippen LogP contribution in [0, 0.1) is 0 Å². The number of sulfonamides is 1. The van der Waals surface area contributed by atoms with Crippen molar-refractivity contribution in [1.29, 1.82) is 0 Å². The van der Waals surface area contributed by atoms with Gasteiger partial charge in [0.15, 0.2) is 0 Å². The van der Waals surface area contributed by atoms with Crippen LogP contribution in [-0.2, 0) is 16.6 Å². The Hall–Kier alpha value is -1.34. The molecular formula is C11H17N3O3S. The van der Waals surface area contributed by atoms with Gasteiger partial charge >= 0.3 is 0 Å². The molecule has 1 heterocycles. The number of primary sulfonamides is 1. The molecule has 1 saturated carbocycles. The second-order valence-electron chi connectivity index (χ2n) is 4.91. The van der Waals surface area contributed by atoms with E-state index in [4.69, 9.17) is 5.14 Å². The Kier molecular flexibility index (Phi) is 2.98. The quantitative estimate of drug-likeness (QED) is 0.831. The lowest BCUT2D eigenvalue weighted by molar-refractivity contribution is 0.0926. The van der Waals surface area contributed by atoms with Crippen molar-refractivity contribution in [2.24, 2.45) is 5.14 Å². The molecule has 0 aromatic carbocycles. The number of nitrogens with two attached hydrogens (primary N) is 1. The lowest BCUT2D eigenvalue weighted by Gasteiger charge is -2.12. The van der Waals surface area contributed by atoms with Crippen LogP contribution in [0.2, 0.25) is 0 Å². The van der Waals surface area contributed by atoms with E-state index in [2.05, 4.69) is 5.32 Å². The predicted molar refractivity (Wildman–Crippen MR) is 66.6 cm³/mol. The van der Waals surface area contributed by atoms with E-state index in [1.54, 1.807) is 4.57 Å². The van der Waals surface area contributed by atoms with Gasteiger partial charge in [0.1, 0.15) is 10.6 Å². The minimum Gasteiger partial charge on any atom is -0.346 e. The maximum absolute atomic E-state index is 12.1. The number of nitrogens with zero attached hydrogens (tertiary/aromatic N) is 1. The molecule has 0 radical (unpaired) electrons. The van der Waals surface area contributed by atoms with Crippen molar-refractivity contribution in [2.45, 2.75) is 43.7 Å². The highest BCUT2D eigenvalue weighted by molar-refractivity contribution is 7.89. The molecule has 18 heavy (non-hydrogen) atoms. The largest absolute Gasteiger partial charge is 0.346 e. The van der Waals surface area contributed by atoms with Crippen molar-refractivity contribution in [3.05, 3.63) is 18.0 Å². The molecule has 0 saturated heterocycles. The van der Waals surface area contributed by atoms with Gasteiger partial charge in [0.25, 0.3) is 5.91 Å². The number of amides is 1. The van der Waals surface area contributed by atoms with Gasteiger partial charge in [-0.25, -0.2) is 13.6 Å². The van der Waals surface area contributed by atoms with E-state index in [1.165, 1.54) is 12.3 Å². The van der Waals surface area contributed by atoms with E-state index >= 15 is 0 Å². The SMILES string of the molecule is CCn1cc(S(N)(=O)=O)cc1C(=O)NC1(C)CC1. The molecule has 6 nitrogen and oxygen atoms in total. The number of rotatable bonds is 4. The van der Waals surface area contributed by atoms with E-state index in [0.717, 1.165) is 12.8 Å². The number of hydrogen-bond acceptors (Lipinski definition) is 3. The van der Waals surface area contributed by atoms with E-state index < -0.39 is 10.0 Å². The normalized spacial score (nSPS) is 17.5. The molecule has 0 bridgehead atoms. The molecule has 1 amide bonds. The first-order valence-electron chi connectivity index (χ1n) is 5.81. The Balaban J connectivity index is 2.31. The lowest BCUT2D eigenvalue weighted by atomic mass is 10.3. The topological polar surface area (TPSA) is 94.2 Å². The molecule has 1 aromatic heterocycles. The molecule has 1 aliphatic rings. The third-order valence-corrected chi connectivity index (χ3v) is 4.07. The van der Waals surface area contributed by atoms with Gasteiger partial charge in [-0.1, -0.05) is 0 Å². The fraction of sp³-hybridized carbons (Fsp3) is 0.545. The highest BCUT2D eigenvalue weighted by Gasteiger charge is 2.39. The van der Waals surface area contributed by atoms with Crippen molar-refractivity contribution in [2.75, 3.05) is 0 Å². The van der Waals surface area contributed by atoms with E-state index in [9.17, 15) is 13.2 Å². The van der Waals surface area contributed by atoms with Gasteiger partial charge < -0.3 is 9.88 Å². The van der Waals surface area contributed by atoms with Crippen molar-refractivity contribution >= 4 is 15.9 Å². The molecule has 7 heteroatoms. The Bertz CT molecular complexity index is 585. The standard InChI is InChI=1S/C11H17N3O3S/c1-3-14-7-8(18(12,16)17)6-9(14)10(15)13-11(2)4-5-11/h6-7H,3-5H2,1-2H3,(H,13,15)(H2,12,16,17). The van der Waals surface area contributed by atoms with Crippen LogP contribution in [0.1, 0.15) is 37.2 Å². The zero-order valence-electron chi connectivity index (χ0n) is 10.4. The number of carbonyl (C=O) groups excluding carboxylic acids is 1. The molecular weight excluding hydrogens is 254 g/mol. The Morgan fingerprint density at radius 3 is 2.61 bits per heavy atom. The minimum absolute atomic E-state index is 0.0320. The first-order chi connectivity index (χ1) is 8.25. The highest BCUT2D eigenvalue weighted by Crippen LogP contribution is 2.34. The van der Waals surface area contributed by atoms with Gasteiger partial charge in [0, 0.05) is 18.3 Å². The minimum atomic E-state index is -3.78. The summed E-state index contributed by atoms with van der Waals surface area (Å²) in [6, 6.07) is 1.32. The summed E-state index contributed by atoms with van der Waals surface area (Å²) in [6.45, 7) is 4.31. The number of aromatic nitrogens is 1. The maximum Gasteiger partial charge on any atom is 0.268 e. The first-order valence-corrected chi connectivity index (χ1v) is 7.35. The smallest absolute Gasteiger partial charge is 0.268 e. The van der Waals surface area contributed by atoms with E-state index in [0.29, 0.717) is 12.2 Å². The Morgan fingerprint density at radius 2 is 2.17 bits per heavy atom. The first kappa shape index (κ1) is 13.1. The van der Waals surface area contributed by atoms with Gasteiger partial charge in [-0.05, 0) is 32.8 Å². The van der Waals surface area contributed by atoms with Crippen LogP contribution in [0.25, 0.3) is 0 Å². The van der Waals surface area contributed by atoms with Gasteiger partial charge in [0.2, 0.25) is 10.0 Å². The monoisotopic (exact) mass is 271 g/mol. The molecule has 0 aliphatic heterocycles. The fourth-order valence-corrected chi connectivity index (χ4v) is 2.29. The second kappa shape index (κ2) is 4.10. The average Bonchev–Trinajstić information content (AvgIpc) is 2.82. The molecule has 0 unspecified atom stereocenters. The van der Waals surface area contributed by atoms with Crippen molar-refractivity contribution < 1.29 is 13.2 Å². The summed E-state index contributed by atoms with van der Waals surface area (Å²) < 4.78 is 24.1. The highest BCUT2D eigenvalue weighted by atomic mass is 32.2. The van der Waals surface area contributed by atoms with E-state index in [1.807, 2.05) is 13.8 Å². The zero-order valence-corrected chi connectivity index (χ0v) is 11.3. The Labute approximate surface area is 106 Å². The summed E-state index contributed by atoms with van der Waals surface area (Å²) in [6.07, 6.45) is 3.29. The second-order valence-corrected chi connectivity index (χ2v) is 6.47. The van der Waals surface area contributed by atoms with Crippen LogP contribution in [-0.4, -0.2) is 24.4 Å². The summed E-state index contributed by atoms with van der Waals surface area (Å²) in [7, 11) is -3.78. The van der Waals surface area contributed by atoms with Gasteiger partial charge in [0.05, 0.1) is 0 Å². The number of carbonyl (C=O) groups is 1. The maximum atomic E-state index is 12.1. The van der Waals surface area contributed by atoms with Crippen molar-refractivity contribution in [1.82, 2.24) is 9.88 Å². The van der Waals surface area contributed by atoms with Gasteiger partial charge in [-0.2, -0.15) is 0 Å². The summed E-state index contributed by atoms with van der Waals surface area (Å²) >= 11 is 0. The predicted octanol–water partition coefficient (Wildman–Crippen LogP) is 0.438. The van der Waals surface area contributed by atoms with Gasteiger partial charge in [-0.15, -0.1) is 0 Å². The van der Waals surface area contributed by atoms with Crippen LogP contribution in [0.15, 0.2) is 17.2 Å². The van der Waals surface area contributed by atoms with Crippen molar-refractivity contribution in [3.63, 3.8) is 0 Å². The fourth-order valence-electron chi connectivity index (χ4n) is 1.74. The third kappa shape index (κ3) is 2.56. The summed E-state index contributed by atoms with van der Waals surface area (Å²) in [4.78, 5) is 12.0. The molecule has 100 valence electrons. The lowest BCUT2D eigenvalue weighted by Crippen LogP contribution is -2.35. The summed E-state index contributed by atoms with van der Waals surface area (Å²) in [5.41, 5.74) is 0.191. The number of hydrogen-bond donors (Lipinski definition) is 2. The zero-order chi connectivity index (χ0) is 13.6. The summed E-state index contributed by atoms with van der Waals surface area (Å²) in [5.74, 6) is -0.258. The van der Waals surface area contributed by atoms with Crippen molar-refractivity contribution in [3.8, 4) is 0 Å². The molecule has 0 atom stereocenters. The van der Waals surface area contributed by atoms with Crippen LogP contribution >= 0.6 is 0 Å². The van der Waals surface area contributed by atoms with Gasteiger partial charge in [-0.3, -0.25) is 4.79 Å². The van der Waals surface area contributed by atoms with E-state index in [-0.39, 0.29) is 16.3 Å². The molecule has 1 aliphatic carbocycles. The van der Waals surface area contributed by atoms with Crippen LogP contribution in [0.4, 0.5) is 0 Å². The van der Waals surface area contributed by atoms with Crippen LogP contribution < -0.4 is 10.5 Å². The average molecular weight is 271 g/mol. The third-order valence-electron chi connectivity index (χ3n) is 3.19. The number of aryl methyl sites for hydroxylation is 1.